The fourth-order valence-corrected chi connectivity index (χ4v) is 4.90. The number of nitrogens with zero attached hydrogens (tertiary/aromatic N) is 3. The zero-order valence-corrected chi connectivity index (χ0v) is 13.8. The Kier molecular flexibility index (Phi) is 3.98. The second-order valence-electron chi connectivity index (χ2n) is 6.39. The van der Waals surface area contributed by atoms with Crippen molar-refractivity contribution in [3.05, 3.63) is 17.5 Å². The van der Waals surface area contributed by atoms with Crippen LogP contribution in [-0.4, -0.2) is 66.2 Å². The SMILES string of the molecule is Cc1cc(C)n(C2CN(CC(=O)N[C@@H]3CCS(=O)(=O)C3)C2)n1. The van der Waals surface area contributed by atoms with E-state index in [-0.39, 0.29) is 23.5 Å². The van der Waals surface area contributed by atoms with Crippen LogP contribution in [0.5, 0.6) is 0 Å². The summed E-state index contributed by atoms with van der Waals surface area (Å²) in [5.74, 6) is 0.170. The van der Waals surface area contributed by atoms with Gasteiger partial charge in [-0.1, -0.05) is 0 Å². The Balaban J connectivity index is 1.44. The third-order valence-electron chi connectivity index (χ3n) is 4.29. The summed E-state index contributed by atoms with van der Waals surface area (Å²) in [6.07, 6.45) is 0.530. The van der Waals surface area contributed by atoms with Crippen LogP contribution in [0.15, 0.2) is 6.07 Å². The molecule has 0 radical (unpaired) electrons. The molecule has 1 amide bonds. The van der Waals surface area contributed by atoms with Gasteiger partial charge in [-0.05, 0) is 26.3 Å². The first-order chi connectivity index (χ1) is 10.3. The largest absolute Gasteiger partial charge is 0.351 e. The third-order valence-corrected chi connectivity index (χ3v) is 6.06. The molecule has 0 bridgehead atoms. The molecule has 0 aliphatic carbocycles. The quantitative estimate of drug-likeness (QED) is 0.818. The van der Waals surface area contributed by atoms with Crippen molar-refractivity contribution >= 4 is 15.7 Å². The van der Waals surface area contributed by atoms with E-state index in [9.17, 15) is 13.2 Å². The van der Waals surface area contributed by atoms with Gasteiger partial charge in [-0.2, -0.15) is 5.10 Å². The molecule has 3 rings (SSSR count). The van der Waals surface area contributed by atoms with Gasteiger partial charge in [0, 0.05) is 24.8 Å². The molecule has 22 heavy (non-hydrogen) atoms. The molecule has 7 nitrogen and oxygen atoms in total. The lowest BCUT2D eigenvalue weighted by molar-refractivity contribution is -0.124. The third kappa shape index (κ3) is 3.33. The molecule has 2 fully saturated rings. The van der Waals surface area contributed by atoms with Crippen molar-refractivity contribution < 1.29 is 13.2 Å². The number of sulfone groups is 1. The lowest BCUT2D eigenvalue weighted by atomic mass is 10.1. The molecule has 8 heteroatoms. The molecule has 1 N–H and O–H groups in total. The summed E-state index contributed by atoms with van der Waals surface area (Å²) < 4.78 is 24.8. The van der Waals surface area contributed by atoms with Gasteiger partial charge in [-0.3, -0.25) is 14.4 Å². The van der Waals surface area contributed by atoms with Crippen molar-refractivity contribution in [1.29, 1.82) is 0 Å². The highest BCUT2D eigenvalue weighted by Crippen LogP contribution is 2.22. The minimum atomic E-state index is -2.95. The number of hydrogen-bond acceptors (Lipinski definition) is 5. The maximum Gasteiger partial charge on any atom is 0.234 e. The van der Waals surface area contributed by atoms with Crippen molar-refractivity contribution in [1.82, 2.24) is 20.0 Å². The Morgan fingerprint density at radius 1 is 1.41 bits per heavy atom. The minimum Gasteiger partial charge on any atom is -0.351 e. The van der Waals surface area contributed by atoms with Gasteiger partial charge in [-0.25, -0.2) is 8.42 Å². The van der Waals surface area contributed by atoms with Crippen LogP contribution in [0.3, 0.4) is 0 Å². The Labute approximate surface area is 130 Å². The highest BCUT2D eigenvalue weighted by molar-refractivity contribution is 7.91. The first kappa shape index (κ1) is 15.5. The lowest BCUT2D eigenvalue weighted by Gasteiger charge is -2.39. The van der Waals surface area contributed by atoms with Gasteiger partial charge in [0.1, 0.15) is 0 Å². The van der Waals surface area contributed by atoms with Crippen LogP contribution in [0.25, 0.3) is 0 Å². The minimum absolute atomic E-state index is 0.0765. The average Bonchev–Trinajstić information content (AvgIpc) is 2.85. The van der Waals surface area contributed by atoms with Crippen LogP contribution in [0, 0.1) is 13.8 Å². The standard InChI is InChI=1S/C14H22N4O3S/c1-10-5-11(2)18(16-10)13-6-17(7-13)8-14(19)15-12-3-4-22(20,21)9-12/h5,12-13H,3-4,6-9H2,1-2H3,(H,15,19)/t12-/m1/s1. The normalized spacial score (nSPS) is 25.1. The molecule has 2 aliphatic rings. The zero-order valence-electron chi connectivity index (χ0n) is 12.9. The molecule has 2 aliphatic heterocycles. The van der Waals surface area contributed by atoms with E-state index in [0.29, 0.717) is 19.0 Å². The van der Waals surface area contributed by atoms with Crippen LogP contribution in [0.2, 0.25) is 0 Å². The molecule has 1 aromatic heterocycles. The predicted molar refractivity (Wildman–Crippen MR) is 82.4 cm³/mol. The van der Waals surface area contributed by atoms with Gasteiger partial charge in [0.25, 0.3) is 0 Å². The van der Waals surface area contributed by atoms with Crippen molar-refractivity contribution in [2.45, 2.75) is 32.4 Å². The van der Waals surface area contributed by atoms with E-state index >= 15 is 0 Å². The summed E-state index contributed by atoms with van der Waals surface area (Å²) in [6.45, 7) is 5.95. The molecular weight excluding hydrogens is 304 g/mol. The van der Waals surface area contributed by atoms with Gasteiger partial charge in [0.15, 0.2) is 9.84 Å². The van der Waals surface area contributed by atoms with Gasteiger partial charge in [0.05, 0.1) is 29.8 Å². The number of likely N-dealkylation sites (tertiary alicyclic amines) is 1. The molecule has 0 aromatic carbocycles. The first-order valence-corrected chi connectivity index (χ1v) is 9.39. The second-order valence-corrected chi connectivity index (χ2v) is 8.62. The maximum absolute atomic E-state index is 12.0. The number of carbonyl (C=O) groups excluding carboxylic acids is 1. The summed E-state index contributed by atoms with van der Waals surface area (Å²) in [7, 11) is -2.95. The van der Waals surface area contributed by atoms with E-state index in [1.54, 1.807) is 0 Å². The van der Waals surface area contributed by atoms with Crippen molar-refractivity contribution in [2.24, 2.45) is 0 Å². The second kappa shape index (κ2) is 5.66. The van der Waals surface area contributed by atoms with E-state index < -0.39 is 9.84 Å². The van der Waals surface area contributed by atoms with E-state index in [4.69, 9.17) is 0 Å². The molecule has 0 unspecified atom stereocenters. The van der Waals surface area contributed by atoms with Crippen molar-refractivity contribution in [3.8, 4) is 0 Å². The highest BCUT2D eigenvalue weighted by Gasteiger charge is 2.33. The number of rotatable bonds is 4. The van der Waals surface area contributed by atoms with E-state index in [0.717, 1.165) is 24.5 Å². The molecule has 1 aromatic rings. The molecular formula is C14H22N4O3S. The van der Waals surface area contributed by atoms with Crippen molar-refractivity contribution in [2.75, 3.05) is 31.1 Å². The fraction of sp³-hybridized carbons (Fsp3) is 0.714. The Hall–Kier alpha value is -1.41. The predicted octanol–water partition coefficient (Wildman–Crippen LogP) is -0.340. The molecule has 0 saturated carbocycles. The number of amides is 1. The molecule has 2 saturated heterocycles. The number of carbonyl (C=O) groups is 1. The molecule has 0 spiro atoms. The fourth-order valence-electron chi connectivity index (χ4n) is 3.23. The topological polar surface area (TPSA) is 84.3 Å². The van der Waals surface area contributed by atoms with Crippen LogP contribution in [0.4, 0.5) is 0 Å². The smallest absolute Gasteiger partial charge is 0.234 e. The van der Waals surface area contributed by atoms with E-state index in [1.165, 1.54) is 0 Å². The van der Waals surface area contributed by atoms with E-state index in [1.807, 2.05) is 18.5 Å². The van der Waals surface area contributed by atoms with E-state index in [2.05, 4.69) is 21.4 Å². The summed E-state index contributed by atoms with van der Waals surface area (Å²) in [6, 6.07) is 2.16. The Bertz CT molecular complexity index is 676. The number of aryl methyl sites for hydroxylation is 2. The highest BCUT2D eigenvalue weighted by atomic mass is 32.2. The van der Waals surface area contributed by atoms with Crippen LogP contribution in [-0.2, 0) is 14.6 Å². The summed E-state index contributed by atoms with van der Waals surface area (Å²) >= 11 is 0. The monoisotopic (exact) mass is 326 g/mol. The summed E-state index contributed by atoms with van der Waals surface area (Å²) in [5.41, 5.74) is 2.15. The summed E-state index contributed by atoms with van der Waals surface area (Å²) in [4.78, 5) is 14.0. The zero-order chi connectivity index (χ0) is 15.9. The molecule has 1 atom stereocenters. The van der Waals surface area contributed by atoms with Crippen LogP contribution < -0.4 is 5.32 Å². The van der Waals surface area contributed by atoms with Crippen molar-refractivity contribution in [3.63, 3.8) is 0 Å². The maximum atomic E-state index is 12.0. The van der Waals surface area contributed by atoms with Gasteiger partial charge in [0.2, 0.25) is 5.91 Å². The van der Waals surface area contributed by atoms with Crippen LogP contribution in [0.1, 0.15) is 23.9 Å². The number of nitrogens with one attached hydrogen (secondary N) is 1. The van der Waals surface area contributed by atoms with Gasteiger partial charge < -0.3 is 5.32 Å². The molecule has 122 valence electrons. The Morgan fingerprint density at radius 2 is 2.14 bits per heavy atom. The Morgan fingerprint density at radius 3 is 2.68 bits per heavy atom. The van der Waals surface area contributed by atoms with Gasteiger partial charge >= 0.3 is 0 Å². The average molecular weight is 326 g/mol. The number of aromatic nitrogens is 2. The lowest BCUT2D eigenvalue weighted by Crippen LogP contribution is -2.53. The first-order valence-electron chi connectivity index (χ1n) is 7.57. The summed E-state index contributed by atoms with van der Waals surface area (Å²) in [5, 5.41) is 7.29. The van der Waals surface area contributed by atoms with Gasteiger partial charge in [-0.15, -0.1) is 0 Å². The number of hydrogen-bond donors (Lipinski definition) is 1. The molecule has 3 heterocycles. The van der Waals surface area contributed by atoms with Crippen LogP contribution >= 0.6 is 0 Å².